The normalized spacial score (nSPS) is 19.3. The van der Waals surface area contributed by atoms with Gasteiger partial charge in [-0.2, -0.15) is 0 Å². The Morgan fingerprint density at radius 3 is 2.64 bits per heavy atom. The molecule has 1 aliphatic rings. The van der Waals surface area contributed by atoms with Crippen molar-refractivity contribution in [2.24, 2.45) is 0 Å². The van der Waals surface area contributed by atoms with Gasteiger partial charge in [-0.1, -0.05) is 30.3 Å². The quantitative estimate of drug-likeness (QED) is 0.856. The summed E-state index contributed by atoms with van der Waals surface area (Å²) in [6.45, 7) is 8.19. The fourth-order valence-electron chi connectivity index (χ4n) is 2.81. The summed E-state index contributed by atoms with van der Waals surface area (Å²) in [7, 11) is 2.14. The van der Waals surface area contributed by atoms with Gasteiger partial charge in [-0.15, -0.1) is 0 Å². The average molecular weight is 304 g/mol. The molecule has 0 saturated carbocycles. The topological polar surface area (TPSA) is 32.8 Å². The maximum atomic E-state index is 12.2. The van der Waals surface area contributed by atoms with Gasteiger partial charge in [0.2, 0.25) is 0 Å². The highest BCUT2D eigenvalue weighted by atomic mass is 16.6. The molecule has 1 aromatic carbocycles. The number of ether oxygens (including phenoxy) is 1. The molecule has 0 radical (unpaired) electrons. The van der Waals surface area contributed by atoms with E-state index in [1.807, 2.05) is 31.7 Å². The van der Waals surface area contributed by atoms with Gasteiger partial charge in [0, 0.05) is 25.7 Å². The Bertz CT molecular complexity index is 482. The van der Waals surface area contributed by atoms with Gasteiger partial charge in [0.25, 0.3) is 0 Å². The van der Waals surface area contributed by atoms with Crippen molar-refractivity contribution in [1.29, 1.82) is 0 Å². The number of nitrogens with zero attached hydrogens (tertiary/aromatic N) is 2. The van der Waals surface area contributed by atoms with Crippen LogP contribution in [0.1, 0.15) is 39.2 Å². The predicted molar refractivity (Wildman–Crippen MR) is 88.7 cm³/mol. The van der Waals surface area contributed by atoms with Gasteiger partial charge >= 0.3 is 6.09 Å². The Labute approximate surface area is 134 Å². The number of piperidine rings is 1. The molecule has 0 aromatic heterocycles. The van der Waals surface area contributed by atoms with Gasteiger partial charge in [-0.05, 0) is 46.2 Å². The highest BCUT2D eigenvalue weighted by Gasteiger charge is 2.29. The van der Waals surface area contributed by atoms with E-state index < -0.39 is 5.60 Å². The van der Waals surface area contributed by atoms with Gasteiger partial charge in [-0.25, -0.2) is 4.79 Å². The van der Waals surface area contributed by atoms with Crippen molar-refractivity contribution in [3.05, 3.63) is 35.9 Å². The van der Waals surface area contributed by atoms with Crippen LogP contribution in [0.5, 0.6) is 0 Å². The lowest BCUT2D eigenvalue weighted by molar-refractivity contribution is 0.0121. The number of likely N-dealkylation sites (tertiary alicyclic amines) is 1. The molecule has 4 nitrogen and oxygen atoms in total. The summed E-state index contributed by atoms with van der Waals surface area (Å²) in [6, 6.07) is 10.8. The molecule has 22 heavy (non-hydrogen) atoms. The van der Waals surface area contributed by atoms with Crippen molar-refractivity contribution in [1.82, 2.24) is 9.80 Å². The van der Waals surface area contributed by atoms with E-state index in [9.17, 15) is 4.79 Å². The lowest BCUT2D eigenvalue weighted by Crippen LogP contribution is -2.49. The van der Waals surface area contributed by atoms with Crippen LogP contribution in [-0.4, -0.2) is 47.7 Å². The number of hydrogen-bond acceptors (Lipinski definition) is 3. The molecule has 1 amide bonds. The van der Waals surface area contributed by atoms with Gasteiger partial charge in [0.05, 0.1) is 0 Å². The predicted octanol–water partition coefficient (Wildman–Crippen LogP) is 3.52. The second-order valence-electron chi connectivity index (χ2n) is 7.12. The average Bonchev–Trinajstić information content (AvgIpc) is 2.46. The van der Waals surface area contributed by atoms with Crippen LogP contribution in [-0.2, 0) is 11.3 Å². The molecule has 4 heteroatoms. The van der Waals surface area contributed by atoms with E-state index in [0.29, 0.717) is 6.04 Å². The zero-order chi connectivity index (χ0) is 16.2. The molecule has 1 saturated heterocycles. The minimum Gasteiger partial charge on any atom is -0.444 e. The van der Waals surface area contributed by atoms with E-state index in [4.69, 9.17) is 4.74 Å². The highest BCUT2D eigenvalue weighted by molar-refractivity contribution is 5.68. The maximum Gasteiger partial charge on any atom is 0.410 e. The third-order valence-corrected chi connectivity index (χ3v) is 3.95. The molecule has 0 bridgehead atoms. The summed E-state index contributed by atoms with van der Waals surface area (Å²) in [6.07, 6.45) is 1.97. The molecule has 0 aliphatic carbocycles. The largest absolute Gasteiger partial charge is 0.444 e. The second kappa shape index (κ2) is 7.14. The van der Waals surface area contributed by atoms with Crippen LogP contribution in [0.2, 0.25) is 0 Å². The monoisotopic (exact) mass is 304 g/mol. The Morgan fingerprint density at radius 1 is 1.32 bits per heavy atom. The molecule has 0 unspecified atom stereocenters. The minimum absolute atomic E-state index is 0.190. The van der Waals surface area contributed by atoms with Crippen molar-refractivity contribution in [2.45, 2.75) is 51.8 Å². The number of rotatable bonds is 3. The lowest BCUT2D eigenvalue weighted by atomic mass is 10.0. The smallest absolute Gasteiger partial charge is 0.410 e. The molecule has 122 valence electrons. The molecular formula is C18H28N2O2. The first-order chi connectivity index (χ1) is 10.3. The van der Waals surface area contributed by atoms with Crippen molar-refractivity contribution in [2.75, 3.05) is 20.1 Å². The summed E-state index contributed by atoms with van der Waals surface area (Å²) < 4.78 is 5.49. The van der Waals surface area contributed by atoms with E-state index in [2.05, 4.69) is 36.2 Å². The van der Waals surface area contributed by atoms with Crippen molar-refractivity contribution in [3.63, 3.8) is 0 Å². The number of likely N-dealkylation sites (N-methyl/N-ethyl adjacent to an activating group) is 1. The van der Waals surface area contributed by atoms with Crippen LogP contribution in [0.3, 0.4) is 0 Å². The zero-order valence-corrected chi connectivity index (χ0v) is 14.2. The first-order valence-electron chi connectivity index (χ1n) is 8.07. The van der Waals surface area contributed by atoms with Gasteiger partial charge in [0.1, 0.15) is 5.60 Å². The maximum absolute atomic E-state index is 12.2. The fourth-order valence-corrected chi connectivity index (χ4v) is 2.81. The molecule has 1 aliphatic heterocycles. The summed E-state index contributed by atoms with van der Waals surface area (Å²) in [5.41, 5.74) is 0.874. The minimum atomic E-state index is -0.431. The molecule has 1 heterocycles. The molecular weight excluding hydrogens is 276 g/mol. The van der Waals surface area contributed by atoms with Crippen molar-refractivity contribution >= 4 is 6.09 Å². The molecule has 1 atom stereocenters. The fraction of sp³-hybridized carbons (Fsp3) is 0.611. The number of amides is 1. The summed E-state index contributed by atoms with van der Waals surface area (Å²) >= 11 is 0. The Kier molecular flexibility index (Phi) is 5.46. The Balaban J connectivity index is 1.91. The molecule has 0 N–H and O–H groups in total. The van der Waals surface area contributed by atoms with Crippen LogP contribution in [0.4, 0.5) is 4.79 Å². The number of carbonyl (C=O) groups is 1. The van der Waals surface area contributed by atoms with Crippen LogP contribution in [0.15, 0.2) is 30.3 Å². The Hall–Kier alpha value is -1.55. The van der Waals surface area contributed by atoms with Crippen LogP contribution in [0.25, 0.3) is 0 Å². The standard InChI is InChI=1S/C18H28N2O2/c1-18(2,3)22-17(21)20-12-8-11-16(14-20)19(4)13-15-9-6-5-7-10-15/h5-7,9-10,16H,8,11-14H2,1-4H3/t16-/m0/s1. The Morgan fingerprint density at radius 2 is 2.00 bits per heavy atom. The first-order valence-corrected chi connectivity index (χ1v) is 8.07. The van der Waals surface area contributed by atoms with E-state index in [0.717, 1.165) is 32.5 Å². The molecule has 0 spiro atoms. The van der Waals surface area contributed by atoms with Crippen molar-refractivity contribution in [3.8, 4) is 0 Å². The summed E-state index contributed by atoms with van der Waals surface area (Å²) in [5.74, 6) is 0. The number of carbonyl (C=O) groups excluding carboxylic acids is 1. The second-order valence-corrected chi connectivity index (χ2v) is 7.12. The number of hydrogen-bond donors (Lipinski definition) is 0. The highest BCUT2D eigenvalue weighted by Crippen LogP contribution is 2.19. The first kappa shape index (κ1) is 16.8. The third kappa shape index (κ3) is 5.02. The summed E-state index contributed by atoms with van der Waals surface area (Å²) in [5, 5.41) is 0. The summed E-state index contributed by atoms with van der Waals surface area (Å²) in [4.78, 5) is 16.4. The number of benzene rings is 1. The SMILES string of the molecule is CN(Cc1ccccc1)[C@H]1CCCN(C(=O)OC(C)(C)C)C1. The third-order valence-electron chi connectivity index (χ3n) is 3.95. The van der Waals surface area contributed by atoms with E-state index in [1.54, 1.807) is 0 Å². The van der Waals surface area contributed by atoms with Gasteiger partial charge in [-0.3, -0.25) is 4.90 Å². The van der Waals surface area contributed by atoms with Crippen LogP contribution >= 0.6 is 0 Å². The van der Waals surface area contributed by atoms with Gasteiger partial charge in [0.15, 0.2) is 0 Å². The zero-order valence-electron chi connectivity index (χ0n) is 14.2. The molecule has 1 aromatic rings. The molecule has 1 fully saturated rings. The van der Waals surface area contributed by atoms with Gasteiger partial charge < -0.3 is 9.64 Å². The van der Waals surface area contributed by atoms with Crippen LogP contribution < -0.4 is 0 Å². The molecule has 2 rings (SSSR count). The lowest BCUT2D eigenvalue weighted by Gasteiger charge is -2.38. The van der Waals surface area contributed by atoms with E-state index in [1.165, 1.54) is 5.56 Å². The van der Waals surface area contributed by atoms with E-state index in [-0.39, 0.29) is 6.09 Å². The van der Waals surface area contributed by atoms with Crippen molar-refractivity contribution < 1.29 is 9.53 Å². The van der Waals surface area contributed by atoms with E-state index >= 15 is 0 Å². The van der Waals surface area contributed by atoms with Crippen LogP contribution in [0, 0.1) is 0 Å².